The van der Waals surface area contributed by atoms with Gasteiger partial charge in [0, 0.05) is 17.6 Å². The van der Waals surface area contributed by atoms with Crippen molar-refractivity contribution in [1.29, 1.82) is 0 Å². The van der Waals surface area contributed by atoms with E-state index in [4.69, 9.17) is 16.3 Å². The minimum absolute atomic E-state index is 0.0433. The van der Waals surface area contributed by atoms with Crippen molar-refractivity contribution in [2.75, 3.05) is 17.8 Å². The molecule has 1 aliphatic rings. The Kier molecular flexibility index (Phi) is 4.35. The second kappa shape index (κ2) is 5.83. The molecule has 4 heteroatoms. The summed E-state index contributed by atoms with van der Waals surface area (Å²) in [7, 11) is 0. The molecule has 1 amide bonds. The number of benzene rings is 1. The summed E-state index contributed by atoms with van der Waals surface area (Å²) in [4.78, 5) is 11.8. The van der Waals surface area contributed by atoms with Crippen molar-refractivity contribution in [3.05, 3.63) is 23.8 Å². The van der Waals surface area contributed by atoms with E-state index < -0.39 is 5.41 Å². The Morgan fingerprint density at radius 3 is 2.79 bits per heavy atom. The van der Waals surface area contributed by atoms with Crippen LogP contribution in [-0.2, 0) is 10.2 Å². The SMILES string of the molecule is CC1(C)C(=O)Nc2cc(OCCCCCCl)ccc21. The Morgan fingerprint density at radius 1 is 1.26 bits per heavy atom. The number of ether oxygens (including phenoxy) is 1. The van der Waals surface area contributed by atoms with Crippen LogP contribution in [0.5, 0.6) is 5.75 Å². The summed E-state index contributed by atoms with van der Waals surface area (Å²) in [6, 6.07) is 5.81. The minimum Gasteiger partial charge on any atom is -0.494 e. The van der Waals surface area contributed by atoms with Gasteiger partial charge in [-0.15, -0.1) is 11.6 Å². The third-order valence-electron chi connectivity index (χ3n) is 3.53. The summed E-state index contributed by atoms with van der Waals surface area (Å²) < 4.78 is 5.69. The Morgan fingerprint density at radius 2 is 2.05 bits per heavy atom. The van der Waals surface area contributed by atoms with Crippen molar-refractivity contribution >= 4 is 23.2 Å². The van der Waals surface area contributed by atoms with Gasteiger partial charge < -0.3 is 10.1 Å². The molecule has 0 radical (unpaired) electrons. The Hall–Kier alpha value is -1.22. The maximum atomic E-state index is 11.8. The molecule has 1 aromatic carbocycles. The average Bonchev–Trinajstić information content (AvgIpc) is 2.60. The molecule has 0 aliphatic carbocycles. The summed E-state index contributed by atoms with van der Waals surface area (Å²) in [5, 5.41) is 2.90. The van der Waals surface area contributed by atoms with E-state index in [1.54, 1.807) is 0 Å². The number of anilines is 1. The minimum atomic E-state index is -0.450. The molecule has 0 bridgehead atoms. The zero-order chi connectivity index (χ0) is 13.9. The fourth-order valence-corrected chi connectivity index (χ4v) is 2.41. The van der Waals surface area contributed by atoms with Crippen LogP contribution in [0.25, 0.3) is 0 Å². The number of unbranched alkanes of at least 4 members (excludes halogenated alkanes) is 2. The van der Waals surface area contributed by atoms with Gasteiger partial charge in [-0.3, -0.25) is 4.79 Å². The zero-order valence-corrected chi connectivity index (χ0v) is 12.2. The molecule has 0 spiro atoms. The molecule has 104 valence electrons. The molecular weight excluding hydrogens is 262 g/mol. The lowest BCUT2D eigenvalue weighted by atomic mass is 9.86. The number of nitrogens with one attached hydrogen (secondary N) is 1. The van der Waals surface area contributed by atoms with E-state index in [1.807, 2.05) is 32.0 Å². The van der Waals surface area contributed by atoms with Crippen LogP contribution < -0.4 is 10.1 Å². The summed E-state index contributed by atoms with van der Waals surface area (Å²) in [5.74, 6) is 1.56. The molecule has 0 atom stereocenters. The molecule has 1 N–H and O–H groups in total. The molecular formula is C15H20ClNO2. The predicted molar refractivity (Wildman–Crippen MR) is 78.2 cm³/mol. The van der Waals surface area contributed by atoms with Crippen LogP contribution in [0.4, 0.5) is 5.69 Å². The van der Waals surface area contributed by atoms with Crippen LogP contribution >= 0.6 is 11.6 Å². The van der Waals surface area contributed by atoms with E-state index >= 15 is 0 Å². The maximum absolute atomic E-state index is 11.8. The van der Waals surface area contributed by atoms with Crippen LogP contribution in [0.1, 0.15) is 38.7 Å². The summed E-state index contributed by atoms with van der Waals surface area (Å²) in [6.07, 6.45) is 3.11. The molecule has 19 heavy (non-hydrogen) atoms. The molecule has 0 aromatic heterocycles. The number of halogens is 1. The molecule has 2 rings (SSSR count). The molecule has 0 fully saturated rings. The number of carbonyl (C=O) groups excluding carboxylic acids is 1. The highest BCUT2D eigenvalue weighted by atomic mass is 35.5. The van der Waals surface area contributed by atoms with Gasteiger partial charge in [0.15, 0.2) is 0 Å². The second-order valence-electron chi connectivity index (χ2n) is 5.38. The van der Waals surface area contributed by atoms with E-state index in [0.717, 1.165) is 36.3 Å². The fraction of sp³-hybridized carbons (Fsp3) is 0.533. The van der Waals surface area contributed by atoms with Gasteiger partial charge in [-0.25, -0.2) is 0 Å². The van der Waals surface area contributed by atoms with E-state index in [-0.39, 0.29) is 5.91 Å². The van der Waals surface area contributed by atoms with Crippen LogP contribution in [0.15, 0.2) is 18.2 Å². The standard InChI is InChI=1S/C15H20ClNO2/c1-15(2)12-7-6-11(10-13(12)17-14(15)18)19-9-5-3-4-8-16/h6-7,10H,3-5,8-9H2,1-2H3,(H,17,18). The molecule has 1 aliphatic heterocycles. The highest BCUT2D eigenvalue weighted by molar-refractivity contribution is 6.17. The Balaban J connectivity index is 1.96. The number of rotatable bonds is 6. The average molecular weight is 282 g/mol. The second-order valence-corrected chi connectivity index (χ2v) is 5.76. The van der Waals surface area contributed by atoms with Gasteiger partial charge >= 0.3 is 0 Å². The van der Waals surface area contributed by atoms with Gasteiger partial charge in [-0.2, -0.15) is 0 Å². The Bertz CT molecular complexity index is 471. The third-order valence-corrected chi connectivity index (χ3v) is 3.79. The Labute approximate surface area is 119 Å². The number of alkyl halides is 1. The molecule has 0 saturated carbocycles. The lowest BCUT2D eigenvalue weighted by molar-refractivity contribution is -0.119. The number of hydrogen-bond acceptors (Lipinski definition) is 2. The van der Waals surface area contributed by atoms with Crippen LogP contribution in [0, 0.1) is 0 Å². The largest absolute Gasteiger partial charge is 0.494 e. The molecule has 1 aromatic rings. The molecule has 3 nitrogen and oxygen atoms in total. The van der Waals surface area contributed by atoms with Gasteiger partial charge in [0.05, 0.1) is 12.0 Å². The van der Waals surface area contributed by atoms with Crippen molar-refractivity contribution < 1.29 is 9.53 Å². The summed E-state index contributed by atoms with van der Waals surface area (Å²) in [5.41, 5.74) is 1.45. The highest BCUT2D eigenvalue weighted by Gasteiger charge is 2.38. The van der Waals surface area contributed by atoms with Crippen molar-refractivity contribution in [2.45, 2.75) is 38.5 Å². The van der Waals surface area contributed by atoms with Gasteiger partial charge in [0.2, 0.25) is 5.91 Å². The maximum Gasteiger partial charge on any atom is 0.234 e. The van der Waals surface area contributed by atoms with E-state index in [9.17, 15) is 4.79 Å². The number of amides is 1. The first kappa shape index (κ1) is 14.2. The topological polar surface area (TPSA) is 38.3 Å². The van der Waals surface area contributed by atoms with Crippen LogP contribution in [0.2, 0.25) is 0 Å². The van der Waals surface area contributed by atoms with E-state index in [0.29, 0.717) is 12.5 Å². The monoisotopic (exact) mass is 281 g/mol. The van der Waals surface area contributed by atoms with Crippen LogP contribution in [-0.4, -0.2) is 18.4 Å². The third kappa shape index (κ3) is 3.03. The van der Waals surface area contributed by atoms with E-state index in [2.05, 4.69) is 5.32 Å². The number of carbonyl (C=O) groups is 1. The molecule has 0 unspecified atom stereocenters. The van der Waals surface area contributed by atoms with Gasteiger partial charge in [0.1, 0.15) is 5.75 Å². The van der Waals surface area contributed by atoms with Crippen molar-refractivity contribution in [2.24, 2.45) is 0 Å². The first-order chi connectivity index (χ1) is 9.05. The quantitative estimate of drug-likeness (QED) is 0.638. The van der Waals surface area contributed by atoms with Crippen molar-refractivity contribution in [3.8, 4) is 5.75 Å². The summed E-state index contributed by atoms with van der Waals surface area (Å²) >= 11 is 5.62. The van der Waals surface area contributed by atoms with Crippen LogP contribution in [0.3, 0.4) is 0 Å². The summed E-state index contributed by atoms with van der Waals surface area (Å²) in [6.45, 7) is 4.55. The highest BCUT2D eigenvalue weighted by Crippen LogP contribution is 2.39. The van der Waals surface area contributed by atoms with Crippen molar-refractivity contribution in [1.82, 2.24) is 0 Å². The van der Waals surface area contributed by atoms with Gasteiger partial charge in [-0.1, -0.05) is 6.07 Å². The first-order valence-corrected chi connectivity index (χ1v) is 7.24. The van der Waals surface area contributed by atoms with Crippen molar-refractivity contribution in [3.63, 3.8) is 0 Å². The number of hydrogen-bond donors (Lipinski definition) is 1. The lowest BCUT2D eigenvalue weighted by Crippen LogP contribution is -2.26. The molecule has 1 heterocycles. The predicted octanol–water partition coefficient (Wildman–Crippen LogP) is 3.70. The first-order valence-electron chi connectivity index (χ1n) is 6.70. The van der Waals surface area contributed by atoms with Gasteiger partial charge in [-0.05, 0) is 44.7 Å². The molecule has 0 saturated heterocycles. The van der Waals surface area contributed by atoms with E-state index in [1.165, 1.54) is 0 Å². The number of fused-ring (bicyclic) bond motifs is 1. The normalized spacial score (nSPS) is 16.1. The van der Waals surface area contributed by atoms with Gasteiger partial charge in [0.25, 0.3) is 0 Å². The fourth-order valence-electron chi connectivity index (χ4n) is 2.23. The lowest BCUT2D eigenvalue weighted by Gasteiger charge is -2.15. The smallest absolute Gasteiger partial charge is 0.234 e. The zero-order valence-electron chi connectivity index (χ0n) is 11.5.